The van der Waals surface area contributed by atoms with E-state index in [1.165, 1.54) is 6.07 Å². The van der Waals surface area contributed by atoms with Gasteiger partial charge in [0.2, 0.25) is 0 Å². The van der Waals surface area contributed by atoms with Gasteiger partial charge in [-0.15, -0.1) is 0 Å². The highest BCUT2D eigenvalue weighted by Crippen LogP contribution is 2.15. The smallest absolute Gasteiger partial charge is 0.315 e. The van der Waals surface area contributed by atoms with Crippen LogP contribution in [0.5, 0.6) is 0 Å². The van der Waals surface area contributed by atoms with Gasteiger partial charge in [0.05, 0.1) is 12.6 Å². The zero-order valence-electron chi connectivity index (χ0n) is 9.34. The highest BCUT2D eigenvalue weighted by molar-refractivity contribution is 5.74. The van der Waals surface area contributed by atoms with E-state index in [0.29, 0.717) is 5.56 Å². The third-order valence-electron chi connectivity index (χ3n) is 2.19. The molecule has 6 heteroatoms. The molecule has 1 unspecified atom stereocenters. The zero-order chi connectivity index (χ0) is 12.8. The Labute approximate surface area is 97.6 Å². The van der Waals surface area contributed by atoms with Crippen molar-refractivity contribution in [2.45, 2.75) is 13.0 Å². The Hall–Kier alpha value is -1.69. The Balaban J connectivity index is 2.60. The van der Waals surface area contributed by atoms with Gasteiger partial charge >= 0.3 is 6.03 Å². The van der Waals surface area contributed by atoms with Gasteiger partial charge in [-0.05, 0) is 24.6 Å². The van der Waals surface area contributed by atoms with E-state index in [1.807, 2.05) is 0 Å². The number of urea groups is 1. The summed E-state index contributed by atoms with van der Waals surface area (Å²) >= 11 is 0. The number of benzene rings is 1. The van der Waals surface area contributed by atoms with Crippen molar-refractivity contribution in [3.05, 3.63) is 35.4 Å². The third kappa shape index (κ3) is 3.99. The minimum atomic E-state index is -0.952. The largest absolute Gasteiger partial charge is 0.395 e. The summed E-state index contributed by atoms with van der Waals surface area (Å²) in [6, 6.07) is 2.51. The second kappa shape index (κ2) is 6.15. The van der Waals surface area contributed by atoms with Crippen molar-refractivity contribution in [3.63, 3.8) is 0 Å². The minimum absolute atomic E-state index is 0.135. The molecule has 0 bridgehead atoms. The number of hydrogen-bond donors (Lipinski definition) is 3. The molecule has 0 heterocycles. The van der Waals surface area contributed by atoms with Crippen LogP contribution in [0.15, 0.2) is 18.2 Å². The number of nitrogens with one attached hydrogen (secondary N) is 2. The first kappa shape index (κ1) is 13.4. The lowest BCUT2D eigenvalue weighted by Crippen LogP contribution is -2.38. The highest BCUT2D eigenvalue weighted by Gasteiger charge is 2.11. The molecule has 1 aromatic rings. The predicted molar refractivity (Wildman–Crippen MR) is 58.4 cm³/mol. The van der Waals surface area contributed by atoms with Crippen LogP contribution in [0.2, 0.25) is 0 Å². The minimum Gasteiger partial charge on any atom is -0.395 e. The van der Waals surface area contributed by atoms with Crippen molar-refractivity contribution in [2.24, 2.45) is 0 Å². The lowest BCUT2D eigenvalue weighted by molar-refractivity contribution is 0.231. The average Bonchev–Trinajstić information content (AvgIpc) is 2.30. The van der Waals surface area contributed by atoms with Crippen molar-refractivity contribution in [1.29, 1.82) is 0 Å². The quantitative estimate of drug-likeness (QED) is 0.748. The molecular formula is C11H14F2N2O2. The van der Waals surface area contributed by atoms with Crippen LogP contribution in [0.25, 0.3) is 0 Å². The molecule has 1 aromatic carbocycles. The second-order valence-corrected chi connectivity index (χ2v) is 3.52. The molecule has 17 heavy (non-hydrogen) atoms. The number of carbonyl (C=O) groups excluding carboxylic acids is 1. The molecule has 0 spiro atoms. The number of carbonyl (C=O) groups is 1. The molecule has 0 saturated heterocycles. The molecule has 94 valence electrons. The number of hydrogen-bond acceptors (Lipinski definition) is 2. The first-order chi connectivity index (χ1) is 8.04. The number of aliphatic hydroxyl groups is 1. The van der Waals surface area contributed by atoms with Crippen LogP contribution >= 0.6 is 0 Å². The van der Waals surface area contributed by atoms with E-state index in [9.17, 15) is 13.6 Å². The van der Waals surface area contributed by atoms with Crippen molar-refractivity contribution in [1.82, 2.24) is 10.6 Å². The number of rotatable bonds is 4. The van der Waals surface area contributed by atoms with Crippen LogP contribution < -0.4 is 10.6 Å². The zero-order valence-corrected chi connectivity index (χ0v) is 9.34. The van der Waals surface area contributed by atoms with E-state index in [4.69, 9.17) is 5.11 Å². The van der Waals surface area contributed by atoms with Gasteiger partial charge in [-0.3, -0.25) is 0 Å². The van der Waals surface area contributed by atoms with Gasteiger partial charge in [0.25, 0.3) is 0 Å². The molecule has 0 aliphatic carbocycles. The highest BCUT2D eigenvalue weighted by atomic mass is 19.2. The number of aliphatic hydroxyl groups excluding tert-OH is 1. The van der Waals surface area contributed by atoms with Gasteiger partial charge in [0, 0.05) is 6.54 Å². The van der Waals surface area contributed by atoms with Crippen molar-refractivity contribution >= 4 is 6.03 Å². The molecule has 0 saturated carbocycles. The molecule has 1 rings (SSSR count). The fourth-order valence-electron chi connectivity index (χ4n) is 1.28. The predicted octanol–water partition coefficient (Wildman–Crippen LogP) is 1.32. The Morgan fingerprint density at radius 1 is 1.41 bits per heavy atom. The standard InChI is InChI=1S/C11H14F2N2O2/c1-7(15-11(17)14-4-5-16)8-2-3-9(12)10(13)6-8/h2-3,6-7,16H,4-5H2,1H3,(H2,14,15,17). The summed E-state index contributed by atoms with van der Waals surface area (Å²) < 4.78 is 25.6. The van der Waals surface area contributed by atoms with E-state index >= 15 is 0 Å². The van der Waals surface area contributed by atoms with Gasteiger partial charge in [0.15, 0.2) is 11.6 Å². The lowest BCUT2D eigenvalue weighted by atomic mass is 10.1. The van der Waals surface area contributed by atoms with Crippen molar-refractivity contribution < 1.29 is 18.7 Å². The SMILES string of the molecule is CC(NC(=O)NCCO)c1ccc(F)c(F)c1. The van der Waals surface area contributed by atoms with E-state index in [2.05, 4.69) is 10.6 Å². The molecule has 0 aromatic heterocycles. The average molecular weight is 244 g/mol. The summed E-state index contributed by atoms with van der Waals surface area (Å²) in [6.07, 6.45) is 0. The molecule has 0 fully saturated rings. The summed E-state index contributed by atoms with van der Waals surface area (Å²) in [7, 11) is 0. The van der Waals surface area contributed by atoms with Crippen LogP contribution in [0.1, 0.15) is 18.5 Å². The lowest BCUT2D eigenvalue weighted by Gasteiger charge is -2.14. The molecule has 3 N–H and O–H groups in total. The number of amides is 2. The second-order valence-electron chi connectivity index (χ2n) is 3.52. The third-order valence-corrected chi connectivity index (χ3v) is 2.19. The van der Waals surface area contributed by atoms with Gasteiger partial charge in [0.1, 0.15) is 0 Å². The summed E-state index contributed by atoms with van der Waals surface area (Å²) in [4.78, 5) is 11.2. The molecule has 1 atom stereocenters. The first-order valence-electron chi connectivity index (χ1n) is 5.14. The Bertz CT molecular complexity index is 399. The molecular weight excluding hydrogens is 230 g/mol. The Morgan fingerprint density at radius 2 is 2.12 bits per heavy atom. The first-order valence-corrected chi connectivity index (χ1v) is 5.14. The normalized spacial score (nSPS) is 12.0. The maximum absolute atomic E-state index is 12.9. The topological polar surface area (TPSA) is 61.4 Å². The van der Waals surface area contributed by atoms with Crippen LogP contribution in [-0.4, -0.2) is 24.3 Å². The van der Waals surface area contributed by atoms with E-state index in [0.717, 1.165) is 12.1 Å². The monoisotopic (exact) mass is 244 g/mol. The summed E-state index contributed by atoms with van der Waals surface area (Å²) in [5, 5.41) is 13.4. The Morgan fingerprint density at radius 3 is 2.71 bits per heavy atom. The number of halogens is 2. The van der Waals surface area contributed by atoms with Crippen molar-refractivity contribution in [3.8, 4) is 0 Å². The maximum atomic E-state index is 12.9. The summed E-state index contributed by atoms with van der Waals surface area (Å²) in [6.45, 7) is 1.62. The van der Waals surface area contributed by atoms with Crippen LogP contribution in [0.3, 0.4) is 0 Å². The maximum Gasteiger partial charge on any atom is 0.315 e. The Kier molecular flexibility index (Phi) is 4.84. The van der Waals surface area contributed by atoms with Crippen molar-refractivity contribution in [2.75, 3.05) is 13.2 Å². The molecule has 0 radical (unpaired) electrons. The van der Waals surface area contributed by atoms with Gasteiger partial charge < -0.3 is 15.7 Å². The summed E-state index contributed by atoms with van der Waals surface area (Å²) in [5.41, 5.74) is 0.461. The van der Waals surface area contributed by atoms with Crippen LogP contribution in [0.4, 0.5) is 13.6 Å². The van der Waals surface area contributed by atoms with E-state index in [1.54, 1.807) is 6.92 Å². The summed E-state index contributed by atoms with van der Waals surface area (Å²) in [5.74, 6) is -1.88. The molecule has 4 nitrogen and oxygen atoms in total. The van der Waals surface area contributed by atoms with Gasteiger partial charge in [-0.25, -0.2) is 13.6 Å². The van der Waals surface area contributed by atoms with E-state index < -0.39 is 23.7 Å². The molecule has 0 aliphatic rings. The fraction of sp³-hybridized carbons (Fsp3) is 0.364. The molecule has 0 aliphatic heterocycles. The van der Waals surface area contributed by atoms with Crippen LogP contribution in [-0.2, 0) is 0 Å². The van der Waals surface area contributed by atoms with E-state index in [-0.39, 0.29) is 13.2 Å². The van der Waals surface area contributed by atoms with Gasteiger partial charge in [-0.2, -0.15) is 0 Å². The van der Waals surface area contributed by atoms with Crippen LogP contribution in [0, 0.1) is 11.6 Å². The van der Waals surface area contributed by atoms with Gasteiger partial charge in [-0.1, -0.05) is 6.07 Å². The fourth-order valence-corrected chi connectivity index (χ4v) is 1.28. The molecule has 2 amide bonds.